The van der Waals surface area contributed by atoms with E-state index in [1.165, 1.54) is 12.8 Å². The van der Waals surface area contributed by atoms with Gasteiger partial charge < -0.3 is 24.5 Å². The Kier molecular flexibility index (Phi) is 5.81. The quantitative estimate of drug-likeness (QED) is 0.317. The minimum Gasteiger partial charge on any atom is -0.494 e. The Morgan fingerprint density at radius 1 is 1.09 bits per heavy atom. The largest absolute Gasteiger partial charge is 0.494 e. The lowest BCUT2D eigenvalue weighted by Crippen LogP contribution is -2.41. The molecule has 0 radical (unpaired) electrons. The summed E-state index contributed by atoms with van der Waals surface area (Å²) in [6, 6.07) is 14.4. The summed E-state index contributed by atoms with van der Waals surface area (Å²) in [7, 11) is 3.65. The van der Waals surface area contributed by atoms with Gasteiger partial charge >= 0.3 is 0 Å². The number of imidazole rings is 1. The molecule has 1 saturated heterocycles. The van der Waals surface area contributed by atoms with E-state index in [0.29, 0.717) is 23.1 Å². The van der Waals surface area contributed by atoms with Gasteiger partial charge in [-0.2, -0.15) is 5.26 Å². The highest BCUT2D eigenvalue weighted by atomic mass is 16.5. The van der Waals surface area contributed by atoms with Crippen LogP contribution in [0.3, 0.4) is 0 Å². The maximum absolute atomic E-state index is 13.7. The van der Waals surface area contributed by atoms with Gasteiger partial charge in [0.05, 0.1) is 18.3 Å². The van der Waals surface area contributed by atoms with Crippen LogP contribution in [-0.2, 0) is 13.6 Å². The number of nitrogens with zero attached hydrogens (tertiary/aromatic N) is 7. The van der Waals surface area contributed by atoms with Crippen molar-refractivity contribution in [1.29, 1.82) is 5.26 Å². The van der Waals surface area contributed by atoms with Gasteiger partial charge in [0.25, 0.3) is 5.91 Å². The van der Waals surface area contributed by atoms with E-state index in [2.05, 4.69) is 43.4 Å². The number of fused-ring (bicyclic) bond motifs is 4. The van der Waals surface area contributed by atoms with Crippen molar-refractivity contribution in [2.45, 2.75) is 44.3 Å². The molecule has 3 atom stereocenters. The van der Waals surface area contributed by atoms with Crippen LogP contribution in [0.4, 0.5) is 0 Å². The van der Waals surface area contributed by atoms with Crippen molar-refractivity contribution in [3.8, 4) is 34.5 Å². The molecule has 43 heavy (non-hydrogen) atoms. The molecule has 1 aliphatic heterocycles. The molecule has 2 saturated carbocycles. The molecule has 0 unspecified atom stereocenters. The number of ether oxygens (including phenoxy) is 1. The van der Waals surface area contributed by atoms with Crippen LogP contribution in [0.25, 0.3) is 44.6 Å². The monoisotopic (exact) mass is 572 g/mol. The fourth-order valence-corrected chi connectivity index (χ4v) is 7.18. The van der Waals surface area contributed by atoms with Gasteiger partial charge in [-0.15, -0.1) is 0 Å². The highest BCUT2D eigenvalue weighted by Gasteiger charge is 2.47. The first kappa shape index (κ1) is 25.9. The molecule has 5 aromatic rings. The smallest absolute Gasteiger partial charge is 0.254 e. The maximum Gasteiger partial charge on any atom is 0.254 e. The van der Waals surface area contributed by atoms with E-state index in [4.69, 9.17) is 20.7 Å². The first-order chi connectivity index (χ1) is 20.9. The lowest BCUT2D eigenvalue weighted by molar-refractivity contribution is 0.0700. The molecule has 3 aliphatic rings. The molecular formula is C33H32N8O2. The molecule has 216 valence electrons. The number of aryl methyl sites for hydroxylation is 1. The predicted molar refractivity (Wildman–Crippen MR) is 162 cm³/mol. The van der Waals surface area contributed by atoms with E-state index in [-0.39, 0.29) is 23.8 Å². The Balaban J connectivity index is 1.23. The lowest BCUT2D eigenvalue weighted by atomic mass is 10.1. The van der Waals surface area contributed by atoms with Crippen LogP contribution in [0, 0.1) is 23.2 Å². The Morgan fingerprint density at radius 3 is 2.58 bits per heavy atom. The zero-order valence-corrected chi connectivity index (χ0v) is 24.2. The number of piperidine rings is 1. The van der Waals surface area contributed by atoms with Crippen molar-refractivity contribution in [3.05, 3.63) is 60.2 Å². The minimum atomic E-state index is -0.00258. The van der Waals surface area contributed by atoms with Gasteiger partial charge in [-0.25, -0.2) is 15.0 Å². The number of nitriles is 1. The number of rotatable bonds is 6. The third-order valence-corrected chi connectivity index (χ3v) is 9.67. The molecular weight excluding hydrogens is 540 g/mol. The molecule has 3 fully saturated rings. The van der Waals surface area contributed by atoms with E-state index in [0.717, 1.165) is 70.5 Å². The molecule has 10 nitrogen and oxygen atoms in total. The SMILES string of the molecule is COc1cc(C(=O)N2C[C@H]3CC[C@@H]2[C@@H]3N)cc2nc(-c3cc4ccc(-c5cnc(C#N)nc5)cc4n3CC3CC3)n(C)c12. The van der Waals surface area contributed by atoms with Crippen LogP contribution >= 0.6 is 0 Å². The third kappa shape index (κ3) is 4.10. The molecule has 10 heteroatoms. The lowest BCUT2D eigenvalue weighted by Gasteiger charge is -2.27. The normalized spacial score (nSPS) is 21.2. The Morgan fingerprint density at radius 2 is 1.91 bits per heavy atom. The van der Waals surface area contributed by atoms with Gasteiger partial charge in [-0.1, -0.05) is 12.1 Å². The van der Waals surface area contributed by atoms with Crippen LogP contribution in [0.1, 0.15) is 41.9 Å². The number of methoxy groups -OCH3 is 1. The number of carbonyl (C=O) groups excluding carboxylic acids is 1. The number of likely N-dealkylation sites (tertiary alicyclic amines) is 1. The van der Waals surface area contributed by atoms with Crippen molar-refractivity contribution in [2.24, 2.45) is 24.6 Å². The number of benzene rings is 2. The average Bonchev–Trinajstić information content (AvgIpc) is 3.44. The highest BCUT2D eigenvalue weighted by molar-refractivity contribution is 6.00. The maximum atomic E-state index is 13.7. The van der Waals surface area contributed by atoms with Crippen molar-refractivity contribution < 1.29 is 9.53 Å². The van der Waals surface area contributed by atoms with Crippen LogP contribution < -0.4 is 10.5 Å². The zero-order chi connectivity index (χ0) is 29.4. The first-order valence-corrected chi connectivity index (χ1v) is 14.9. The topological polar surface area (TPSA) is 128 Å². The Labute approximate surface area is 248 Å². The molecule has 0 spiro atoms. The van der Waals surface area contributed by atoms with Gasteiger partial charge in [-0.05, 0) is 67.3 Å². The zero-order valence-electron chi connectivity index (χ0n) is 24.2. The molecule has 8 rings (SSSR count). The second-order valence-corrected chi connectivity index (χ2v) is 12.2. The fourth-order valence-electron chi connectivity index (χ4n) is 7.18. The number of hydrogen-bond acceptors (Lipinski definition) is 7. The summed E-state index contributed by atoms with van der Waals surface area (Å²) < 4.78 is 10.3. The van der Waals surface area contributed by atoms with Crippen LogP contribution in [-0.4, -0.2) is 60.6 Å². The second-order valence-electron chi connectivity index (χ2n) is 12.2. The standard InChI is InChI=1S/C33H32N8O2/c1-39-31-24(9-22(12-28(31)43-2)33(42)41-17-21-7-8-25(41)30(21)35)38-32(39)27-11-20-6-5-19(23-14-36-29(13-34)37-15-23)10-26(20)40(27)16-18-3-4-18/h5-6,9-12,14-15,18,21,25,30H,3-4,7-8,16-17,35H2,1-2H3/t21-,25-,30-/m1/s1. The van der Waals surface area contributed by atoms with E-state index >= 15 is 0 Å². The molecule has 2 aromatic carbocycles. The number of nitrogens with two attached hydrogens (primary N) is 1. The van der Waals surface area contributed by atoms with Gasteiger partial charge in [0.2, 0.25) is 5.82 Å². The van der Waals surface area contributed by atoms with E-state index in [1.54, 1.807) is 19.5 Å². The first-order valence-electron chi connectivity index (χ1n) is 14.9. The van der Waals surface area contributed by atoms with E-state index in [1.807, 2.05) is 30.1 Å². The molecule has 3 aromatic heterocycles. The minimum absolute atomic E-state index is 0.00258. The Bertz CT molecular complexity index is 1960. The summed E-state index contributed by atoms with van der Waals surface area (Å²) in [6.07, 6.45) is 7.88. The van der Waals surface area contributed by atoms with Gasteiger partial charge in [0.15, 0.2) is 5.82 Å². The third-order valence-electron chi connectivity index (χ3n) is 9.67. The number of hydrogen-bond donors (Lipinski definition) is 1. The number of aromatic nitrogens is 5. The van der Waals surface area contributed by atoms with Crippen molar-refractivity contribution >= 4 is 27.8 Å². The van der Waals surface area contributed by atoms with Crippen molar-refractivity contribution in [1.82, 2.24) is 29.0 Å². The number of carbonyl (C=O) groups is 1. The van der Waals surface area contributed by atoms with Crippen molar-refractivity contribution in [3.63, 3.8) is 0 Å². The molecule has 2 aliphatic carbocycles. The predicted octanol–water partition coefficient (Wildman–Crippen LogP) is 4.50. The highest BCUT2D eigenvalue weighted by Crippen LogP contribution is 2.40. The fraction of sp³-hybridized carbons (Fsp3) is 0.364. The molecule has 2 bridgehead atoms. The van der Waals surface area contributed by atoms with Crippen LogP contribution in [0.15, 0.2) is 48.8 Å². The average molecular weight is 573 g/mol. The second kappa shape index (κ2) is 9.64. The molecule has 1 amide bonds. The number of amides is 1. The summed E-state index contributed by atoms with van der Waals surface area (Å²) in [6.45, 7) is 1.62. The summed E-state index contributed by atoms with van der Waals surface area (Å²) in [4.78, 5) is 29.1. The summed E-state index contributed by atoms with van der Waals surface area (Å²) in [5.74, 6) is 2.62. The molecule has 4 heterocycles. The summed E-state index contributed by atoms with van der Waals surface area (Å²) in [5.41, 5.74) is 12.6. The Hall–Kier alpha value is -4.75. The van der Waals surface area contributed by atoms with Gasteiger partial charge in [-0.3, -0.25) is 4.79 Å². The summed E-state index contributed by atoms with van der Waals surface area (Å²) >= 11 is 0. The van der Waals surface area contributed by atoms with E-state index in [9.17, 15) is 4.79 Å². The molecule has 2 N–H and O–H groups in total. The van der Waals surface area contributed by atoms with Gasteiger partial charge in [0, 0.05) is 66.6 Å². The van der Waals surface area contributed by atoms with Crippen molar-refractivity contribution in [2.75, 3.05) is 13.7 Å². The van der Waals surface area contributed by atoms with E-state index < -0.39 is 0 Å². The van der Waals surface area contributed by atoms with Gasteiger partial charge in [0.1, 0.15) is 17.3 Å². The van der Waals surface area contributed by atoms with Crippen LogP contribution in [0.5, 0.6) is 5.75 Å². The van der Waals surface area contributed by atoms with Crippen LogP contribution in [0.2, 0.25) is 0 Å². The summed E-state index contributed by atoms with van der Waals surface area (Å²) in [5, 5.41) is 10.2.